The van der Waals surface area contributed by atoms with E-state index in [0.29, 0.717) is 31.2 Å². The van der Waals surface area contributed by atoms with E-state index in [9.17, 15) is 31.5 Å². The van der Waals surface area contributed by atoms with Gasteiger partial charge in [0, 0.05) is 27.2 Å². The predicted octanol–water partition coefficient (Wildman–Crippen LogP) is 4.16. The molecule has 1 unspecified atom stereocenters. The zero-order chi connectivity index (χ0) is 42.5. The van der Waals surface area contributed by atoms with Crippen molar-refractivity contribution in [1.29, 1.82) is 0 Å². The molecule has 0 bridgehead atoms. The van der Waals surface area contributed by atoms with Gasteiger partial charge < -0.3 is 28.8 Å². The van der Waals surface area contributed by atoms with Crippen LogP contribution in [0.5, 0.6) is 11.5 Å². The fourth-order valence-electron chi connectivity index (χ4n) is 4.59. The summed E-state index contributed by atoms with van der Waals surface area (Å²) < 4.78 is 187. The van der Waals surface area contributed by atoms with Crippen molar-refractivity contribution in [1.82, 2.24) is 4.31 Å². The molecule has 2 fully saturated rings. The van der Waals surface area contributed by atoms with Gasteiger partial charge in [-0.25, -0.2) is 8.42 Å². The predicted molar refractivity (Wildman–Crippen MR) is 151 cm³/mol. The number of aliphatic hydroxyl groups excluding tert-OH is 1. The molecular formula is C30H38F3NO9S. The Balaban J connectivity index is 1.74. The van der Waals surface area contributed by atoms with Gasteiger partial charge in [-0.05, 0) is 60.7 Å². The molecule has 4 rings (SSSR count). The fourth-order valence-corrected chi connectivity index (χ4v) is 5.93. The van der Waals surface area contributed by atoms with E-state index in [-0.39, 0.29) is 28.6 Å². The molecule has 10 nitrogen and oxygen atoms in total. The fraction of sp³-hybridized carbons (Fsp3) is 0.567. The van der Waals surface area contributed by atoms with Crippen molar-refractivity contribution in [3.05, 3.63) is 54.1 Å². The number of hydrogen-bond acceptors (Lipinski definition) is 9. The molecule has 0 radical (unpaired) electrons. The number of nitrogens with zero attached hydrogens (tertiary/aromatic N) is 1. The van der Waals surface area contributed by atoms with Crippen molar-refractivity contribution in [2.75, 3.05) is 33.2 Å². The summed E-state index contributed by atoms with van der Waals surface area (Å²) in [5.74, 6) is -8.17. The lowest BCUT2D eigenvalue weighted by molar-refractivity contribution is -0.274. The number of alkyl halides is 3. The molecule has 2 saturated heterocycles. The van der Waals surface area contributed by atoms with Crippen LogP contribution in [0.2, 0.25) is 0 Å². The van der Waals surface area contributed by atoms with E-state index in [1.54, 1.807) is 0 Å². The van der Waals surface area contributed by atoms with Gasteiger partial charge in [0.05, 0.1) is 51.8 Å². The molecule has 44 heavy (non-hydrogen) atoms. The normalized spacial score (nSPS) is 30.8. The maximum absolute atomic E-state index is 14.1. The highest BCUT2D eigenvalue weighted by Gasteiger charge is 2.44. The first kappa shape index (κ1) is 21.0. The third-order valence-electron chi connectivity index (χ3n) is 6.68. The van der Waals surface area contributed by atoms with Gasteiger partial charge in [-0.15, -0.1) is 13.2 Å². The quantitative estimate of drug-likeness (QED) is 0.299. The lowest BCUT2D eigenvalue weighted by Crippen LogP contribution is -2.43. The van der Waals surface area contributed by atoms with Crippen LogP contribution in [0, 0.1) is 17.7 Å². The second-order valence-electron chi connectivity index (χ2n) is 9.97. The molecule has 2 aliphatic rings. The molecule has 0 saturated carbocycles. The first-order valence-electron chi connectivity index (χ1n) is 19.2. The average Bonchev–Trinajstić information content (AvgIpc) is 3.56. The van der Waals surface area contributed by atoms with Gasteiger partial charge in [0.1, 0.15) is 17.6 Å². The molecule has 6 atom stereocenters. The van der Waals surface area contributed by atoms with Crippen molar-refractivity contribution in [3.63, 3.8) is 0 Å². The Morgan fingerprint density at radius 2 is 1.93 bits per heavy atom. The number of halogens is 3. The van der Waals surface area contributed by atoms with E-state index >= 15 is 0 Å². The molecule has 2 aromatic rings. The number of hydrogen-bond donors (Lipinski definition) is 1. The number of aliphatic hydroxyl groups is 1. The summed E-state index contributed by atoms with van der Waals surface area (Å²) >= 11 is 0. The molecule has 0 amide bonds. The van der Waals surface area contributed by atoms with Crippen LogP contribution in [0.1, 0.15) is 48.6 Å². The molecule has 0 spiro atoms. The Hall–Kier alpha value is -2.91. The highest BCUT2D eigenvalue weighted by Crippen LogP contribution is 2.34. The van der Waals surface area contributed by atoms with E-state index in [1.165, 1.54) is 24.3 Å². The number of ether oxygens (including phenoxy) is 5. The van der Waals surface area contributed by atoms with Crippen LogP contribution in [-0.4, -0.2) is 81.9 Å². The lowest BCUT2D eigenvalue weighted by atomic mass is 9.90. The first-order valence-corrected chi connectivity index (χ1v) is 14.6. The molecular weight excluding hydrogens is 607 g/mol. The summed E-state index contributed by atoms with van der Waals surface area (Å²) in [7, 11) is -8.20. The van der Waals surface area contributed by atoms with Crippen LogP contribution < -0.4 is 9.47 Å². The van der Waals surface area contributed by atoms with Crippen molar-refractivity contribution in [3.8, 4) is 11.5 Å². The van der Waals surface area contributed by atoms with E-state index in [2.05, 4.69) is 4.74 Å². The Bertz CT molecular complexity index is 1820. The molecule has 2 heterocycles. The lowest BCUT2D eigenvalue weighted by Gasteiger charge is -2.30. The van der Waals surface area contributed by atoms with Crippen molar-refractivity contribution < 1.29 is 71.6 Å². The number of sulfonamides is 1. The van der Waals surface area contributed by atoms with Gasteiger partial charge in [0.2, 0.25) is 10.0 Å². The van der Waals surface area contributed by atoms with Crippen molar-refractivity contribution >= 4 is 16.0 Å². The highest BCUT2D eigenvalue weighted by molar-refractivity contribution is 7.89. The van der Waals surface area contributed by atoms with Gasteiger partial charge in [-0.1, -0.05) is 25.9 Å². The zero-order valence-electron chi connectivity index (χ0n) is 35.2. The first-order chi connectivity index (χ1) is 25.3. The summed E-state index contributed by atoms with van der Waals surface area (Å²) in [5, 5.41) is 11.7. The summed E-state index contributed by atoms with van der Waals surface area (Å²) in [6.07, 6.45) is -12.5. The summed E-state index contributed by atoms with van der Waals surface area (Å²) in [4.78, 5) is 12.6. The zero-order valence-corrected chi connectivity index (χ0v) is 24.0. The molecule has 14 heteroatoms. The Morgan fingerprint density at radius 1 is 1.23 bits per heavy atom. The van der Waals surface area contributed by atoms with Crippen LogP contribution in [0.25, 0.3) is 0 Å². The van der Waals surface area contributed by atoms with E-state index < -0.39 is 116 Å². The highest BCUT2D eigenvalue weighted by atomic mass is 32.2. The topological polar surface area (TPSA) is 121 Å². The van der Waals surface area contributed by atoms with Gasteiger partial charge >= 0.3 is 12.3 Å². The number of esters is 1. The molecule has 2 aromatic carbocycles. The maximum atomic E-state index is 14.1. The monoisotopic (exact) mass is 657 g/mol. The second-order valence-corrected chi connectivity index (χ2v) is 11.8. The molecule has 1 N–H and O–H groups in total. The van der Waals surface area contributed by atoms with Crippen molar-refractivity contribution in [2.45, 2.75) is 62.8 Å². The number of methoxy groups -OCH3 is 1. The molecule has 0 aromatic heterocycles. The Kier molecular flexibility index (Phi) is 6.90. The van der Waals surface area contributed by atoms with Crippen molar-refractivity contribution in [2.24, 2.45) is 17.7 Å². The summed E-state index contributed by atoms with van der Waals surface area (Å²) in [6, 6.07) is 7.40. The van der Waals surface area contributed by atoms with Crippen LogP contribution in [-0.2, 0) is 35.4 Å². The minimum atomic E-state index is -5.37. The van der Waals surface area contributed by atoms with Crippen LogP contribution in [0.15, 0.2) is 53.4 Å². The van der Waals surface area contributed by atoms with E-state index in [4.69, 9.17) is 35.4 Å². The van der Waals surface area contributed by atoms with Gasteiger partial charge in [-0.3, -0.25) is 4.79 Å². The number of carbonyl (C=O) groups is 1. The number of benzene rings is 2. The minimum Gasteiger partial charge on any atom is -0.497 e. The molecule has 2 aliphatic heterocycles. The van der Waals surface area contributed by atoms with Crippen LogP contribution in [0.3, 0.4) is 0 Å². The number of fused-ring (bicyclic) bond motifs is 1. The minimum absolute atomic E-state index is 0.0575. The largest absolute Gasteiger partial charge is 0.573 e. The Labute approximate surface area is 271 Å². The van der Waals surface area contributed by atoms with E-state index in [0.717, 1.165) is 0 Å². The third kappa shape index (κ3) is 9.07. The standard InChI is InChI=1S/C30H38F3NO9S/c1-19(2)16-34(44(37,38)24-10-8-23(9-11-24)43-30(31,32)33)17-26(35)21(14-20-4-6-22(39-3)7-5-20)15-28(36)42-27-18-41-29-25(27)12-13-40-29/h4-11,19,21,25-27,29,35H,12-18H2,1-3H3/t21-,25+,26-,27+,29-/m1/s1/i1D3,3D3,16D2,18D2,19D,27D/t19?,21-,25+,26-,27+,29-. The number of rotatable bonds is 14. The SMILES string of the molecule is [2H]C([2H])([2H])Oc1ccc(C[C@H](CC(=O)O[C@]2([2H])[C@@H]3CCO[C@@H]3OC2([2H])[2H])[C@H](O)CN(C([2H])([2H])C([2H])(C)C([2H])([2H])[2H])S(=O)(=O)c2ccc(OC(F)(F)F)cc2)cc1. The van der Waals surface area contributed by atoms with Gasteiger partial charge in [0.15, 0.2) is 6.29 Å². The molecule has 244 valence electrons. The van der Waals surface area contributed by atoms with Crippen LogP contribution in [0.4, 0.5) is 13.2 Å². The van der Waals surface area contributed by atoms with E-state index in [1.807, 2.05) is 0 Å². The third-order valence-corrected chi connectivity index (χ3v) is 8.37. The Morgan fingerprint density at radius 3 is 2.59 bits per heavy atom. The van der Waals surface area contributed by atoms with Crippen LogP contribution >= 0.6 is 0 Å². The second kappa shape index (κ2) is 14.5. The number of carbonyl (C=O) groups excluding carboxylic acids is 1. The smallest absolute Gasteiger partial charge is 0.497 e. The average molecular weight is 658 g/mol. The summed E-state index contributed by atoms with van der Waals surface area (Å²) in [5.41, 5.74) is 0.245. The molecule has 0 aliphatic carbocycles. The summed E-state index contributed by atoms with van der Waals surface area (Å²) in [6.45, 7) is -10.9. The maximum Gasteiger partial charge on any atom is 0.573 e. The van der Waals surface area contributed by atoms with Gasteiger partial charge in [0.25, 0.3) is 0 Å². The van der Waals surface area contributed by atoms with Gasteiger partial charge in [-0.2, -0.15) is 4.31 Å².